The van der Waals surface area contributed by atoms with Crippen molar-refractivity contribution in [3.8, 4) is 11.8 Å². The molecule has 0 spiro atoms. The molecule has 0 unspecified atom stereocenters. The second-order valence-corrected chi connectivity index (χ2v) is 4.71. The molecule has 0 aliphatic heterocycles. The molecule has 0 saturated carbocycles. The lowest BCUT2D eigenvalue weighted by Crippen LogP contribution is -2.21. The molecule has 0 aliphatic rings. The number of ether oxygens (including phenoxy) is 2. The summed E-state index contributed by atoms with van der Waals surface area (Å²) >= 11 is 0. The molecule has 0 aliphatic carbocycles. The van der Waals surface area contributed by atoms with Gasteiger partial charge in [-0.1, -0.05) is 24.3 Å². The fourth-order valence-electron chi connectivity index (χ4n) is 2.00. The first-order valence-corrected chi connectivity index (χ1v) is 7.33. The smallest absolute Gasteiger partial charge is 0.342 e. The topological polar surface area (TPSA) is 88.4 Å². The molecular weight excluding hydrogens is 308 g/mol. The van der Waals surface area contributed by atoms with Crippen LogP contribution in [0.15, 0.2) is 48.5 Å². The van der Waals surface area contributed by atoms with Gasteiger partial charge in [0, 0.05) is 0 Å². The molecular formula is C18H16N2O4. The molecule has 0 saturated heterocycles. The van der Waals surface area contributed by atoms with E-state index in [1.165, 1.54) is 0 Å². The number of para-hydroxylation sites is 2. The van der Waals surface area contributed by atoms with Crippen LogP contribution in [0.2, 0.25) is 0 Å². The van der Waals surface area contributed by atoms with Crippen LogP contribution in [0.4, 0.5) is 5.69 Å². The maximum Gasteiger partial charge on any atom is 0.342 e. The molecule has 2 rings (SSSR count). The minimum Gasteiger partial charge on any atom is -0.493 e. The Balaban J connectivity index is 1.97. The minimum absolute atomic E-state index is 0.254. The van der Waals surface area contributed by atoms with E-state index in [-0.39, 0.29) is 5.56 Å². The molecule has 0 aromatic heterocycles. The molecule has 6 heteroatoms. The maximum absolute atomic E-state index is 12.1. The zero-order chi connectivity index (χ0) is 17.4. The Hall–Kier alpha value is -3.33. The van der Waals surface area contributed by atoms with Gasteiger partial charge in [0.2, 0.25) is 0 Å². The highest BCUT2D eigenvalue weighted by Crippen LogP contribution is 2.19. The van der Waals surface area contributed by atoms with Crippen molar-refractivity contribution in [1.29, 1.82) is 5.26 Å². The molecule has 2 aromatic carbocycles. The first-order valence-electron chi connectivity index (χ1n) is 7.33. The van der Waals surface area contributed by atoms with Crippen LogP contribution in [0.3, 0.4) is 0 Å². The van der Waals surface area contributed by atoms with Crippen molar-refractivity contribution < 1.29 is 19.1 Å². The Morgan fingerprint density at radius 3 is 2.58 bits per heavy atom. The quantitative estimate of drug-likeness (QED) is 0.825. The molecule has 122 valence electrons. The van der Waals surface area contributed by atoms with Crippen molar-refractivity contribution in [3.05, 3.63) is 59.7 Å². The summed E-state index contributed by atoms with van der Waals surface area (Å²) in [5.74, 6) is -0.775. The highest BCUT2D eigenvalue weighted by atomic mass is 16.5. The molecule has 6 nitrogen and oxygen atoms in total. The first kappa shape index (κ1) is 17.0. The summed E-state index contributed by atoms with van der Waals surface area (Å²) in [7, 11) is 0. The SMILES string of the molecule is CCOc1ccccc1C(=O)OCC(=O)Nc1ccccc1C#N. The summed E-state index contributed by atoms with van der Waals surface area (Å²) in [6.07, 6.45) is 0. The third-order valence-electron chi connectivity index (χ3n) is 3.06. The van der Waals surface area contributed by atoms with Crippen LogP contribution in [0, 0.1) is 11.3 Å². The predicted octanol–water partition coefficient (Wildman–Crippen LogP) is 2.75. The average molecular weight is 324 g/mol. The molecule has 24 heavy (non-hydrogen) atoms. The van der Waals surface area contributed by atoms with E-state index in [2.05, 4.69) is 5.32 Å². The third kappa shape index (κ3) is 4.34. The van der Waals surface area contributed by atoms with E-state index >= 15 is 0 Å². The van der Waals surface area contributed by atoms with E-state index in [0.29, 0.717) is 23.6 Å². The van der Waals surface area contributed by atoms with Gasteiger partial charge in [-0.15, -0.1) is 0 Å². The van der Waals surface area contributed by atoms with Crippen molar-refractivity contribution in [2.75, 3.05) is 18.5 Å². The molecule has 0 atom stereocenters. The molecule has 1 N–H and O–H groups in total. The van der Waals surface area contributed by atoms with Gasteiger partial charge in [-0.05, 0) is 31.2 Å². The lowest BCUT2D eigenvalue weighted by Gasteiger charge is -2.10. The van der Waals surface area contributed by atoms with Crippen LogP contribution in [0.25, 0.3) is 0 Å². The van der Waals surface area contributed by atoms with Gasteiger partial charge in [-0.25, -0.2) is 4.79 Å². The zero-order valence-corrected chi connectivity index (χ0v) is 13.1. The van der Waals surface area contributed by atoms with Crippen molar-refractivity contribution in [3.63, 3.8) is 0 Å². The summed E-state index contributed by atoms with van der Waals surface area (Å²) in [6.45, 7) is 1.76. The fraction of sp³-hybridized carbons (Fsp3) is 0.167. The number of amides is 1. The maximum atomic E-state index is 12.1. The number of hydrogen-bond acceptors (Lipinski definition) is 5. The number of nitriles is 1. The minimum atomic E-state index is -0.650. The molecule has 0 bridgehead atoms. The van der Waals surface area contributed by atoms with E-state index in [1.54, 1.807) is 48.5 Å². The van der Waals surface area contributed by atoms with Gasteiger partial charge in [0.25, 0.3) is 5.91 Å². The van der Waals surface area contributed by atoms with Crippen LogP contribution in [0.1, 0.15) is 22.8 Å². The molecule has 0 radical (unpaired) electrons. The Bertz CT molecular complexity index is 781. The van der Waals surface area contributed by atoms with E-state index < -0.39 is 18.5 Å². The second-order valence-electron chi connectivity index (χ2n) is 4.71. The Kier molecular flexibility index (Phi) is 5.92. The van der Waals surface area contributed by atoms with E-state index in [4.69, 9.17) is 14.7 Å². The number of nitrogens with one attached hydrogen (secondary N) is 1. The van der Waals surface area contributed by atoms with Crippen LogP contribution < -0.4 is 10.1 Å². The standard InChI is InChI=1S/C18H16N2O4/c1-2-23-16-10-6-4-8-14(16)18(22)24-12-17(21)20-15-9-5-3-7-13(15)11-19/h3-10H,2,12H2,1H3,(H,20,21). The number of hydrogen-bond donors (Lipinski definition) is 1. The summed E-state index contributed by atoms with van der Waals surface area (Å²) in [6, 6.07) is 15.2. The van der Waals surface area contributed by atoms with Crippen molar-refractivity contribution >= 4 is 17.6 Å². The van der Waals surface area contributed by atoms with Gasteiger partial charge in [0.05, 0.1) is 17.9 Å². The van der Waals surface area contributed by atoms with Gasteiger partial charge in [0.15, 0.2) is 6.61 Å². The Morgan fingerprint density at radius 1 is 1.12 bits per heavy atom. The molecule has 1 amide bonds. The van der Waals surface area contributed by atoms with Crippen LogP contribution in [-0.4, -0.2) is 25.1 Å². The van der Waals surface area contributed by atoms with Crippen molar-refractivity contribution in [1.82, 2.24) is 0 Å². The summed E-state index contributed by atoms with van der Waals surface area (Å²) in [5, 5.41) is 11.5. The third-order valence-corrected chi connectivity index (χ3v) is 3.06. The van der Waals surface area contributed by atoms with Crippen LogP contribution in [-0.2, 0) is 9.53 Å². The second kappa shape index (κ2) is 8.34. The van der Waals surface area contributed by atoms with Gasteiger partial charge >= 0.3 is 5.97 Å². The lowest BCUT2D eigenvalue weighted by molar-refractivity contribution is -0.119. The molecule has 0 fully saturated rings. The largest absolute Gasteiger partial charge is 0.493 e. The monoisotopic (exact) mass is 324 g/mol. The summed E-state index contributed by atoms with van der Waals surface area (Å²) < 4.78 is 10.4. The Morgan fingerprint density at radius 2 is 1.83 bits per heavy atom. The van der Waals surface area contributed by atoms with Crippen LogP contribution in [0.5, 0.6) is 5.75 Å². The van der Waals surface area contributed by atoms with Gasteiger partial charge < -0.3 is 14.8 Å². The normalized spacial score (nSPS) is 9.67. The van der Waals surface area contributed by atoms with Crippen LogP contribution >= 0.6 is 0 Å². The highest BCUT2D eigenvalue weighted by Gasteiger charge is 2.15. The fourth-order valence-corrected chi connectivity index (χ4v) is 2.00. The summed E-state index contributed by atoms with van der Waals surface area (Å²) in [4.78, 5) is 24.0. The number of rotatable bonds is 6. The number of benzene rings is 2. The first-order chi connectivity index (χ1) is 11.7. The zero-order valence-electron chi connectivity index (χ0n) is 13.1. The van der Waals surface area contributed by atoms with E-state index in [0.717, 1.165) is 0 Å². The van der Waals surface area contributed by atoms with Crippen molar-refractivity contribution in [2.45, 2.75) is 6.92 Å². The lowest BCUT2D eigenvalue weighted by atomic mass is 10.2. The number of nitrogens with zero attached hydrogens (tertiary/aromatic N) is 1. The number of carbonyl (C=O) groups excluding carboxylic acids is 2. The number of esters is 1. The van der Waals surface area contributed by atoms with E-state index in [1.807, 2.05) is 13.0 Å². The van der Waals surface area contributed by atoms with Gasteiger partial charge in [0.1, 0.15) is 17.4 Å². The molecule has 2 aromatic rings. The van der Waals surface area contributed by atoms with Gasteiger partial charge in [-0.2, -0.15) is 5.26 Å². The number of anilines is 1. The van der Waals surface area contributed by atoms with E-state index in [9.17, 15) is 9.59 Å². The molecule has 0 heterocycles. The summed E-state index contributed by atoms with van der Waals surface area (Å²) in [5.41, 5.74) is 0.958. The Labute approximate surface area is 139 Å². The van der Waals surface area contributed by atoms with Crippen molar-refractivity contribution in [2.24, 2.45) is 0 Å². The van der Waals surface area contributed by atoms with Gasteiger partial charge in [-0.3, -0.25) is 4.79 Å². The average Bonchev–Trinajstić information content (AvgIpc) is 2.61. The number of carbonyl (C=O) groups is 2. The highest BCUT2D eigenvalue weighted by molar-refractivity contribution is 5.97. The predicted molar refractivity (Wildman–Crippen MR) is 87.7 cm³/mol.